The third-order valence-corrected chi connectivity index (χ3v) is 5.40. The van der Waals surface area contributed by atoms with Crippen molar-refractivity contribution in [2.45, 2.75) is 43.7 Å². The van der Waals surface area contributed by atoms with E-state index < -0.39 is 0 Å². The second kappa shape index (κ2) is 4.78. The number of para-hydroxylation sites is 1. The molecule has 1 aliphatic carbocycles. The van der Waals surface area contributed by atoms with Gasteiger partial charge in [0.25, 0.3) is 0 Å². The van der Waals surface area contributed by atoms with E-state index in [1.807, 2.05) is 11.8 Å². The fraction of sp³-hybridized carbons (Fsp3) is 0.600. The monoisotopic (exact) mass is 263 g/mol. The largest absolute Gasteiger partial charge is 0.489 e. The van der Waals surface area contributed by atoms with Crippen LogP contribution >= 0.6 is 11.8 Å². The molecule has 0 spiro atoms. The van der Waals surface area contributed by atoms with Crippen LogP contribution in [0.15, 0.2) is 24.3 Å². The molecule has 1 aliphatic heterocycles. The van der Waals surface area contributed by atoms with Crippen molar-refractivity contribution in [3.63, 3.8) is 0 Å². The number of rotatable bonds is 4. The summed E-state index contributed by atoms with van der Waals surface area (Å²) in [7, 11) is 0. The Hall–Kier alpha value is -0.670. The SMILES string of the molecule is CC(N)C1(c2ccccc2OC2CCSC2)CC1. The van der Waals surface area contributed by atoms with E-state index in [1.165, 1.54) is 30.6 Å². The van der Waals surface area contributed by atoms with E-state index in [9.17, 15) is 0 Å². The molecule has 1 saturated heterocycles. The second-order valence-electron chi connectivity index (χ2n) is 5.54. The molecule has 2 nitrogen and oxygen atoms in total. The summed E-state index contributed by atoms with van der Waals surface area (Å²) in [6.07, 6.45) is 3.96. The number of hydrogen-bond donors (Lipinski definition) is 1. The molecule has 0 aromatic heterocycles. The maximum absolute atomic E-state index is 6.21. The van der Waals surface area contributed by atoms with Crippen LogP contribution in [0.4, 0.5) is 0 Å². The van der Waals surface area contributed by atoms with Crippen molar-refractivity contribution in [2.75, 3.05) is 11.5 Å². The van der Waals surface area contributed by atoms with Gasteiger partial charge in [0, 0.05) is 22.8 Å². The van der Waals surface area contributed by atoms with Gasteiger partial charge in [-0.05, 0) is 38.0 Å². The minimum atomic E-state index is 0.183. The number of thioether (sulfide) groups is 1. The highest BCUT2D eigenvalue weighted by Crippen LogP contribution is 2.53. The highest BCUT2D eigenvalue weighted by molar-refractivity contribution is 7.99. The Morgan fingerprint density at radius 3 is 2.78 bits per heavy atom. The summed E-state index contributed by atoms with van der Waals surface area (Å²) in [5.41, 5.74) is 7.70. The van der Waals surface area contributed by atoms with Gasteiger partial charge in [0.1, 0.15) is 11.9 Å². The Labute approximate surface area is 113 Å². The molecule has 3 heteroatoms. The van der Waals surface area contributed by atoms with Gasteiger partial charge in [0.2, 0.25) is 0 Å². The maximum Gasteiger partial charge on any atom is 0.123 e. The molecule has 2 N–H and O–H groups in total. The van der Waals surface area contributed by atoms with Crippen molar-refractivity contribution < 1.29 is 4.74 Å². The first kappa shape index (κ1) is 12.4. The van der Waals surface area contributed by atoms with Crippen molar-refractivity contribution in [1.29, 1.82) is 0 Å². The molecule has 0 bridgehead atoms. The van der Waals surface area contributed by atoms with Gasteiger partial charge in [-0.1, -0.05) is 18.2 Å². The number of ether oxygens (including phenoxy) is 1. The van der Waals surface area contributed by atoms with Crippen LogP contribution in [0.25, 0.3) is 0 Å². The van der Waals surface area contributed by atoms with Crippen LogP contribution in [0.5, 0.6) is 5.75 Å². The maximum atomic E-state index is 6.21. The Balaban J connectivity index is 1.85. The third-order valence-electron chi connectivity index (χ3n) is 4.27. The van der Waals surface area contributed by atoms with Crippen LogP contribution in [-0.2, 0) is 5.41 Å². The van der Waals surface area contributed by atoms with E-state index in [0.717, 1.165) is 11.5 Å². The Kier molecular flexibility index (Phi) is 3.29. The Morgan fingerprint density at radius 2 is 2.17 bits per heavy atom. The van der Waals surface area contributed by atoms with E-state index in [2.05, 4.69) is 31.2 Å². The van der Waals surface area contributed by atoms with Crippen LogP contribution < -0.4 is 10.5 Å². The molecule has 1 aromatic carbocycles. The van der Waals surface area contributed by atoms with Crippen LogP contribution in [-0.4, -0.2) is 23.7 Å². The fourth-order valence-electron chi connectivity index (χ4n) is 2.87. The molecule has 1 heterocycles. The molecule has 3 rings (SSSR count). The first-order chi connectivity index (χ1) is 8.72. The molecule has 1 aromatic rings. The number of benzene rings is 1. The average molecular weight is 263 g/mol. The molecule has 18 heavy (non-hydrogen) atoms. The molecular formula is C15H21NOS. The first-order valence-corrected chi connectivity index (χ1v) is 7.97. The zero-order valence-electron chi connectivity index (χ0n) is 10.9. The van der Waals surface area contributed by atoms with E-state index in [0.29, 0.717) is 6.10 Å². The highest BCUT2D eigenvalue weighted by Gasteiger charge is 2.49. The Morgan fingerprint density at radius 1 is 1.39 bits per heavy atom. The van der Waals surface area contributed by atoms with Crippen molar-refractivity contribution in [3.05, 3.63) is 29.8 Å². The van der Waals surface area contributed by atoms with E-state index >= 15 is 0 Å². The molecule has 2 atom stereocenters. The van der Waals surface area contributed by atoms with E-state index in [1.54, 1.807) is 0 Å². The summed E-state index contributed by atoms with van der Waals surface area (Å²) >= 11 is 1.99. The predicted molar refractivity (Wildman–Crippen MR) is 77.4 cm³/mol. The number of nitrogens with two attached hydrogens (primary N) is 1. The lowest BCUT2D eigenvalue weighted by Crippen LogP contribution is -2.32. The van der Waals surface area contributed by atoms with Crippen molar-refractivity contribution in [3.8, 4) is 5.75 Å². The lowest BCUT2D eigenvalue weighted by atomic mass is 9.89. The van der Waals surface area contributed by atoms with Gasteiger partial charge in [-0.2, -0.15) is 11.8 Å². The van der Waals surface area contributed by atoms with Gasteiger partial charge in [-0.25, -0.2) is 0 Å². The molecular weight excluding hydrogens is 242 g/mol. The molecule has 2 aliphatic rings. The minimum Gasteiger partial charge on any atom is -0.489 e. The van der Waals surface area contributed by atoms with Crippen LogP contribution in [0.1, 0.15) is 31.7 Å². The van der Waals surface area contributed by atoms with Crippen molar-refractivity contribution in [1.82, 2.24) is 0 Å². The zero-order chi connectivity index (χ0) is 12.6. The van der Waals surface area contributed by atoms with Gasteiger partial charge < -0.3 is 10.5 Å². The van der Waals surface area contributed by atoms with Gasteiger partial charge in [0.05, 0.1) is 0 Å². The van der Waals surface area contributed by atoms with Gasteiger partial charge in [-0.3, -0.25) is 0 Å². The summed E-state index contributed by atoms with van der Waals surface area (Å²) in [5.74, 6) is 3.42. The fourth-order valence-corrected chi connectivity index (χ4v) is 3.96. The normalized spacial score (nSPS) is 26.9. The molecule has 1 saturated carbocycles. The van der Waals surface area contributed by atoms with Crippen molar-refractivity contribution >= 4 is 11.8 Å². The van der Waals surface area contributed by atoms with Crippen LogP contribution in [0, 0.1) is 0 Å². The molecule has 98 valence electrons. The van der Waals surface area contributed by atoms with Gasteiger partial charge in [0.15, 0.2) is 0 Å². The highest BCUT2D eigenvalue weighted by atomic mass is 32.2. The summed E-state index contributed by atoms with van der Waals surface area (Å²) in [4.78, 5) is 0. The minimum absolute atomic E-state index is 0.183. The first-order valence-electron chi connectivity index (χ1n) is 6.82. The van der Waals surface area contributed by atoms with Crippen LogP contribution in [0.3, 0.4) is 0 Å². The predicted octanol–water partition coefficient (Wildman–Crippen LogP) is 2.95. The number of hydrogen-bond acceptors (Lipinski definition) is 3. The van der Waals surface area contributed by atoms with Gasteiger partial charge in [-0.15, -0.1) is 0 Å². The second-order valence-corrected chi connectivity index (χ2v) is 6.69. The third kappa shape index (κ3) is 2.14. The standard InChI is InChI=1S/C15H21NOS/c1-11(16)15(7-8-15)13-4-2-3-5-14(13)17-12-6-9-18-10-12/h2-5,11-12H,6-10,16H2,1H3. The average Bonchev–Trinajstić information content (AvgIpc) is 3.03. The van der Waals surface area contributed by atoms with E-state index in [4.69, 9.17) is 10.5 Å². The summed E-state index contributed by atoms with van der Waals surface area (Å²) < 4.78 is 6.21. The quantitative estimate of drug-likeness (QED) is 0.907. The summed E-state index contributed by atoms with van der Waals surface area (Å²) in [6.45, 7) is 2.12. The van der Waals surface area contributed by atoms with Gasteiger partial charge >= 0.3 is 0 Å². The topological polar surface area (TPSA) is 35.2 Å². The molecule has 2 fully saturated rings. The van der Waals surface area contributed by atoms with E-state index in [-0.39, 0.29) is 11.5 Å². The summed E-state index contributed by atoms with van der Waals surface area (Å²) in [6, 6.07) is 8.70. The smallest absolute Gasteiger partial charge is 0.123 e. The lowest BCUT2D eigenvalue weighted by molar-refractivity contribution is 0.224. The van der Waals surface area contributed by atoms with Crippen molar-refractivity contribution in [2.24, 2.45) is 5.73 Å². The molecule has 0 radical (unpaired) electrons. The summed E-state index contributed by atoms with van der Waals surface area (Å²) in [5, 5.41) is 0. The lowest BCUT2D eigenvalue weighted by Gasteiger charge is -2.24. The molecule has 0 amide bonds. The molecule has 2 unspecified atom stereocenters. The van der Waals surface area contributed by atoms with Crippen LogP contribution in [0.2, 0.25) is 0 Å². The zero-order valence-corrected chi connectivity index (χ0v) is 11.7. The Bertz CT molecular complexity index is 422.